The van der Waals surface area contributed by atoms with Crippen LogP contribution in [0.15, 0.2) is 24.3 Å². The van der Waals surface area contributed by atoms with E-state index in [-0.39, 0.29) is 17.9 Å². The molecule has 1 aromatic rings. The number of alkyl halides is 3. The fourth-order valence-electron chi connectivity index (χ4n) is 1.27. The van der Waals surface area contributed by atoms with Gasteiger partial charge in [-0.25, -0.2) is 8.42 Å². The third kappa shape index (κ3) is 6.41. The quantitative estimate of drug-likeness (QED) is 0.902. The van der Waals surface area contributed by atoms with E-state index >= 15 is 0 Å². The highest BCUT2D eigenvalue weighted by Gasteiger charge is 2.32. The average molecular weight is 311 g/mol. The van der Waals surface area contributed by atoms with E-state index in [1.54, 1.807) is 0 Å². The van der Waals surface area contributed by atoms with E-state index in [2.05, 4.69) is 10.1 Å². The molecule has 0 aromatic heterocycles. The van der Waals surface area contributed by atoms with Gasteiger partial charge in [-0.2, -0.15) is 0 Å². The van der Waals surface area contributed by atoms with Gasteiger partial charge in [-0.05, 0) is 12.1 Å². The average Bonchev–Trinajstić information content (AvgIpc) is 2.26. The van der Waals surface area contributed by atoms with E-state index in [4.69, 9.17) is 0 Å². The highest BCUT2D eigenvalue weighted by Crippen LogP contribution is 2.29. The number of anilines is 1. The van der Waals surface area contributed by atoms with Crippen molar-refractivity contribution in [3.05, 3.63) is 24.3 Å². The molecule has 0 bridgehead atoms. The van der Waals surface area contributed by atoms with Gasteiger partial charge in [-0.1, -0.05) is 12.1 Å². The number of carbonyl (C=O) groups excluding carboxylic acids is 1. The second-order valence-corrected chi connectivity index (χ2v) is 6.23. The zero-order valence-corrected chi connectivity index (χ0v) is 11.2. The van der Waals surface area contributed by atoms with Crippen molar-refractivity contribution in [2.75, 3.05) is 17.3 Å². The molecule has 1 amide bonds. The van der Waals surface area contributed by atoms with Crippen LogP contribution < -0.4 is 10.1 Å². The molecular formula is C11H12F3NO4S. The zero-order valence-electron chi connectivity index (χ0n) is 10.4. The predicted molar refractivity (Wildman–Crippen MR) is 66.1 cm³/mol. The Kier molecular flexibility index (Phi) is 4.98. The molecule has 0 aliphatic carbocycles. The molecule has 0 spiro atoms. The molecule has 0 saturated heterocycles. The van der Waals surface area contributed by atoms with Crippen molar-refractivity contribution in [1.82, 2.24) is 0 Å². The van der Waals surface area contributed by atoms with E-state index in [0.717, 1.165) is 12.3 Å². The Labute approximate surface area is 113 Å². The first-order valence-electron chi connectivity index (χ1n) is 5.39. The summed E-state index contributed by atoms with van der Waals surface area (Å²) in [6.07, 6.45) is -4.27. The lowest BCUT2D eigenvalue weighted by Gasteiger charge is -2.13. The molecule has 9 heteroatoms. The van der Waals surface area contributed by atoms with Crippen molar-refractivity contribution in [3.63, 3.8) is 0 Å². The van der Waals surface area contributed by atoms with Gasteiger partial charge in [0.05, 0.1) is 11.4 Å². The Morgan fingerprint density at radius 1 is 1.30 bits per heavy atom. The van der Waals surface area contributed by atoms with Crippen LogP contribution >= 0.6 is 0 Å². The summed E-state index contributed by atoms with van der Waals surface area (Å²) in [5, 5.41) is 2.18. The molecule has 0 aliphatic rings. The highest BCUT2D eigenvalue weighted by atomic mass is 32.2. The SMILES string of the molecule is CS(=O)(=O)CCC(=O)Nc1ccccc1OC(F)(F)F. The van der Waals surface area contributed by atoms with Crippen LogP contribution in [-0.4, -0.2) is 32.7 Å². The minimum atomic E-state index is -4.88. The number of benzene rings is 1. The minimum Gasteiger partial charge on any atom is -0.404 e. The van der Waals surface area contributed by atoms with E-state index in [9.17, 15) is 26.4 Å². The first-order valence-corrected chi connectivity index (χ1v) is 7.45. The largest absolute Gasteiger partial charge is 0.573 e. The number of hydrogen-bond donors (Lipinski definition) is 1. The molecule has 0 radical (unpaired) electrons. The maximum atomic E-state index is 12.1. The number of halogens is 3. The molecule has 0 fully saturated rings. The maximum absolute atomic E-state index is 12.1. The van der Waals surface area contributed by atoms with Crippen LogP contribution in [-0.2, 0) is 14.6 Å². The van der Waals surface area contributed by atoms with Crippen LogP contribution in [0.3, 0.4) is 0 Å². The molecule has 5 nitrogen and oxygen atoms in total. The van der Waals surface area contributed by atoms with Crippen molar-refractivity contribution in [3.8, 4) is 5.75 Å². The highest BCUT2D eigenvalue weighted by molar-refractivity contribution is 7.90. The number of para-hydroxylation sites is 2. The van der Waals surface area contributed by atoms with E-state index < -0.39 is 27.9 Å². The fourth-order valence-corrected chi connectivity index (χ4v) is 1.83. The van der Waals surface area contributed by atoms with Gasteiger partial charge in [0.15, 0.2) is 5.75 Å². The lowest BCUT2D eigenvalue weighted by Crippen LogP contribution is -2.20. The normalized spacial score (nSPS) is 12.0. The van der Waals surface area contributed by atoms with Gasteiger partial charge in [0, 0.05) is 12.7 Å². The summed E-state index contributed by atoms with van der Waals surface area (Å²) in [5.41, 5.74) is -0.177. The second kappa shape index (κ2) is 6.12. The number of hydrogen-bond acceptors (Lipinski definition) is 4. The third-order valence-electron chi connectivity index (χ3n) is 2.09. The van der Waals surface area contributed by atoms with Crippen LogP contribution in [0.5, 0.6) is 5.75 Å². The Morgan fingerprint density at radius 2 is 1.90 bits per heavy atom. The third-order valence-corrected chi connectivity index (χ3v) is 3.03. The molecule has 20 heavy (non-hydrogen) atoms. The second-order valence-electron chi connectivity index (χ2n) is 3.97. The Morgan fingerprint density at radius 3 is 2.45 bits per heavy atom. The molecule has 0 atom stereocenters. The van der Waals surface area contributed by atoms with Crippen molar-refractivity contribution in [2.24, 2.45) is 0 Å². The van der Waals surface area contributed by atoms with E-state index in [1.165, 1.54) is 18.2 Å². The summed E-state index contributed by atoms with van der Waals surface area (Å²) >= 11 is 0. The number of ether oxygens (including phenoxy) is 1. The van der Waals surface area contributed by atoms with Crippen LogP contribution in [0.1, 0.15) is 6.42 Å². The Bertz CT molecular complexity index is 584. The number of rotatable bonds is 5. The van der Waals surface area contributed by atoms with Gasteiger partial charge >= 0.3 is 6.36 Å². The summed E-state index contributed by atoms with van der Waals surface area (Å²) in [6, 6.07) is 4.99. The number of sulfone groups is 1. The van der Waals surface area contributed by atoms with Crippen LogP contribution in [0, 0.1) is 0 Å². The van der Waals surface area contributed by atoms with Gasteiger partial charge in [0.2, 0.25) is 5.91 Å². The summed E-state index contributed by atoms with van der Waals surface area (Å²) in [6.45, 7) is 0. The van der Waals surface area contributed by atoms with Crippen molar-refractivity contribution in [1.29, 1.82) is 0 Å². The smallest absolute Gasteiger partial charge is 0.404 e. The molecule has 0 heterocycles. The standard InChI is InChI=1S/C11H12F3NO4S/c1-20(17,18)7-6-10(16)15-8-4-2-3-5-9(8)19-11(12,13)14/h2-5H,6-7H2,1H3,(H,15,16). The molecular weight excluding hydrogens is 299 g/mol. The lowest BCUT2D eigenvalue weighted by atomic mass is 10.3. The maximum Gasteiger partial charge on any atom is 0.573 e. The molecule has 0 unspecified atom stereocenters. The lowest BCUT2D eigenvalue weighted by molar-refractivity contribution is -0.274. The topological polar surface area (TPSA) is 72.5 Å². The Balaban J connectivity index is 2.75. The number of nitrogens with one attached hydrogen (secondary N) is 1. The predicted octanol–water partition coefficient (Wildman–Crippen LogP) is 1.96. The molecule has 0 aliphatic heterocycles. The molecule has 112 valence electrons. The van der Waals surface area contributed by atoms with Crippen molar-refractivity contribution in [2.45, 2.75) is 12.8 Å². The van der Waals surface area contributed by atoms with Crippen molar-refractivity contribution >= 4 is 21.4 Å². The molecule has 1 rings (SSSR count). The van der Waals surface area contributed by atoms with Gasteiger partial charge in [-0.3, -0.25) is 4.79 Å². The van der Waals surface area contributed by atoms with Gasteiger partial charge in [-0.15, -0.1) is 13.2 Å². The summed E-state index contributed by atoms with van der Waals surface area (Å²) < 4.78 is 62.0. The number of carbonyl (C=O) groups is 1. The first kappa shape index (κ1) is 16.3. The van der Waals surface area contributed by atoms with Crippen LogP contribution in [0.25, 0.3) is 0 Å². The summed E-state index contributed by atoms with van der Waals surface area (Å²) in [5.74, 6) is -1.66. The summed E-state index contributed by atoms with van der Waals surface area (Å²) in [7, 11) is -3.32. The monoisotopic (exact) mass is 311 g/mol. The van der Waals surface area contributed by atoms with Gasteiger partial charge < -0.3 is 10.1 Å². The van der Waals surface area contributed by atoms with Crippen molar-refractivity contribution < 1.29 is 31.1 Å². The summed E-state index contributed by atoms with van der Waals surface area (Å²) in [4.78, 5) is 11.5. The Hall–Kier alpha value is -1.77. The fraction of sp³-hybridized carbons (Fsp3) is 0.364. The van der Waals surface area contributed by atoms with Gasteiger partial charge in [0.25, 0.3) is 0 Å². The van der Waals surface area contributed by atoms with Crippen LogP contribution in [0.2, 0.25) is 0 Å². The minimum absolute atomic E-state index is 0.177. The van der Waals surface area contributed by atoms with E-state index in [1.807, 2.05) is 0 Å². The van der Waals surface area contributed by atoms with E-state index in [0.29, 0.717) is 0 Å². The number of amides is 1. The van der Waals surface area contributed by atoms with Crippen LogP contribution in [0.4, 0.5) is 18.9 Å². The zero-order chi connectivity index (χ0) is 15.4. The molecule has 0 saturated carbocycles. The first-order chi connectivity index (χ1) is 9.07. The molecule has 1 aromatic carbocycles. The van der Waals surface area contributed by atoms with Gasteiger partial charge in [0.1, 0.15) is 9.84 Å². The molecule has 1 N–H and O–H groups in total.